The Hall–Kier alpha value is -1.15. The first-order valence-electron chi connectivity index (χ1n) is 7.96. The molecule has 3 aliphatic rings. The normalized spacial score (nSPS) is 33.1. The van der Waals surface area contributed by atoms with Gasteiger partial charge in [-0.25, -0.2) is 0 Å². The van der Waals surface area contributed by atoms with Crippen LogP contribution in [0, 0.1) is 12.8 Å². The van der Waals surface area contributed by atoms with Crippen LogP contribution in [0.4, 0.5) is 0 Å². The van der Waals surface area contributed by atoms with Gasteiger partial charge in [0.1, 0.15) is 0 Å². The Labute approximate surface area is 121 Å². The van der Waals surface area contributed by atoms with Crippen LogP contribution in [0.1, 0.15) is 42.9 Å². The van der Waals surface area contributed by atoms with Crippen LogP contribution in [0.5, 0.6) is 0 Å². The van der Waals surface area contributed by atoms with Crippen LogP contribution in [-0.4, -0.2) is 29.8 Å². The Kier molecular flexibility index (Phi) is 2.62. The predicted molar refractivity (Wildman–Crippen MR) is 79.9 cm³/mol. The Morgan fingerprint density at radius 2 is 2.15 bits per heavy atom. The van der Waals surface area contributed by atoms with Crippen molar-refractivity contribution in [2.45, 2.75) is 51.0 Å². The first-order valence-corrected chi connectivity index (χ1v) is 7.96. The molecule has 1 aromatic rings. The molecule has 1 aromatic carbocycles. The van der Waals surface area contributed by atoms with Gasteiger partial charge in [-0.15, -0.1) is 0 Å². The highest BCUT2D eigenvalue weighted by atomic mass is 16.1. The number of nitrogens with zero attached hydrogens (tertiary/aromatic N) is 1. The first kappa shape index (κ1) is 12.6. The van der Waals surface area contributed by atoms with Gasteiger partial charge in [0.15, 0.2) is 5.78 Å². The summed E-state index contributed by atoms with van der Waals surface area (Å²) in [5.41, 5.74) is 3.76. The van der Waals surface area contributed by atoms with Crippen molar-refractivity contribution in [3.05, 3.63) is 34.9 Å². The SMILES string of the molecule is Cc1ccc2c(c1)[C@]1(C)CCN(CC3CC3)[C@@H](C2)C1=O. The summed E-state index contributed by atoms with van der Waals surface area (Å²) in [5, 5.41) is 0. The molecule has 1 saturated heterocycles. The fourth-order valence-corrected chi connectivity index (χ4v) is 4.11. The van der Waals surface area contributed by atoms with E-state index in [1.807, 2.05) is 0 Å². The summed E-state index contributed by atoms with van der Waals surface area (Å²) in [7, 11) is 0. The van der Waals surface area contributed by atoms with Crippen LogP contribution in [0.3, 0.4) is 0 Å². The van der Waals surface area contributed by atoms with Crippen LogP contribution in [0.15, 0.2) is 18.2 Å². The molecule has 2 atom stereocenters. The van der Waals surface area contributed by atoms with Gasteiger partial charge in [-0.3, -0.25) is 9.69 Å². The second-order valence-electron chi connectivity index (χ2n) is 7.27. The molecular formula is C18H23NO. The molecule has 0 amide bonds. The third-order valence-corrected chi connectivity index (χ3v) is 5.65. The van der Waals surface area contributed by atoms with Crippen LogP contribution >= 0.6 is 0 Å². The Bertz CT molecular complexity index is 575. The van der Waals surface area contributed by atoms with Crippen molar-refractivity contribution < 1.29 is 4.79 Å². The molecule has 1 aliphatic heterocycles. The number of fused-ring (bicyclic) bond motifs is 4. The van der Waals surface area contributed by atoms with E-state index in [-0.39, 0.29) is 11.5 Å². The molecule has 0 spiro atoms. The largest absolute Gasteiger partial charge is 0.297 e. The molecule has 2 fully saturated rings. The molecule has 4 rings (SSSR count). The lowest BCUT2D eigenvalue weighted by Crippen LogP contribution is -2.60. The van der Waals surface area contributed by atoms with E-state index in [9.17, 15) is 4.79 Å². The number of piperidine rings is 1. The highest BCUT2D eigenvalue weighted by Crippen LogP contribution is 2.43. The van der Waals surface area contributed by atoms with Gasteiger partial charge in [-0.2, -0.15) is 0 Å². The number of benzene rings is 1. The van der Waals surface area contributed by atoms with E-state index in [4.69, 9.17) is 0 Å². The van der Waals surface area contributed by atoms with Crippen molar-refractivity contribution in [1.82, 2.24) is 4.90 Å². The number of ketones is 1. The molecule has 1 saturated carbocycles. The number of carbonyl (C=O) groups excluding carboxylic acids is 1. The predicted octanol–water partition coefficient (Wildman–Crippen LogP) is 2.86. The molecule has 20 heavy (non-hydrogen) atoms. The zero-order valence-corrected chi connectivity index (χ0v) is 12.5. The van der Waals surface area contributed by atoms with Crippen LogP contribution in [0.25, 0.3) is 0 Å². The van der Waals surface area contributed by atoms with Crippen molar-refractivity contribution in [3.8, 4) is 0 Å². The minimum Gasteiger partial charge on any atom is -0.297 e. The molecule has 0 N–H and O–H groups in total. The van der Waals surface area contributed by atoms with Gasteiger partial charge in [0.2, 0.25) is 0 Å². The van der Waals surface area contributed by atoms with Crippen LogP contribution < -0.4 is 0 Å². The fraction of sp³-hybridized carbons (Fsp3) is 0.611. The summed E-state index contributed by atoms with van der Waals surface area (Å²) in [6.07, 6.45) is 4.65. The van der Waals surface area contributed by atoms with E-state index in [1.54, 1.807) is 0 Å². The van der Waals surface area contributed by atoms with Gasteiger partial charge in [0.25, 0.3) is 0 Å². The molecule has 2 aliphatic carbocycles. The quantitative estimate of drug-likeness (QED) is 0.823. The van der Waals surface area contributed by atoms with Crippen molar-refractivity contribution in [1.29, 1.82) is 0 Å². The minimum absolute atomic E-state index is 0.143. The summed E-state index contributed by atoms with van der Waals surface area (Å²) in [6, 6.07) is 6.84. The molecule has 106 valence electrons. The standard InChI is InChI=1S/C18H23NO/c1-12-3-6-14-10-16-17(20)18(2,15(14)9-12)7-8-19(16)11-13-4-5-13/h3,6,9,13,16H,4-5,7-8,10-11H2,1-2H3/t16-,18-/m0/s1. The van der Waals surface area contributed by atoms with Crippen LogP contribution in [0.2, 0.25) is 0 Å². The molecule has 0 radical (unpaired) electrons. The molecule has 1 heterocycles. The van der Waals surface area contributed by atoms with Gasteiger partial charge in [0, 0.05) is 13.1 Å². The third kappa shape index (κ3) is 1.77. The Balaban J connectivity index is 1.73. The first-order chi connectivity index (χ1) is 9.58. The van der Waals surface area contributed by atoms with E-state index in [0.29, 0.717) is 5.78 Å². The summed E-state index contributed by atoms with van der Waals surface area (Å²) >= 11 is 0. The van der Waals surface area contributed by atoms with Gasteiger partial charge in [-0.1, -0.05) is 23.8 Å². The number of hydrogen-bond donors (Lipinski definition) is 0. The average molecular weight is 269 g/mol. The number of hydrogen-bond acceptors (Lipinski definition) is 2. The summed E-state index contributed by atoms with van der Waals surface area (Å²) < 4.78 is 0. The maximum atomic E-state index is 13.0. The highest BCUT2D eigenvalue weighted by Gasteiger charge is 2.50. The molecule has 2 nitrogen and oxygen atoms in total. The van der Waals surface area contributed by atoms with Gasteiger partial charge in [-0.05, 0) is 56.6 Å². The maximum Gasteiger partial charge on any atom is 0.160 e. The molecule has 2 heteroatoms. The second kappa shape index (κ2) is 4.17. The van der Waals surface area contributed by atoms with Gasteiger partial charge >= 0.3 is 0 Å². The lowest BCUT2D eigenvalue weighted by molar-refractivity contribution is -0.134. The van der Waals surface area contributed by atoms with E-state index >= 15 is 0 Å². The Morgan fingerprint density at radius 3 is 2.90 bits per heavy atom. The topological polar surface area (TPSA) is 20.3 Å². The number of aryl methyl sites for hydroxylation is 1. The van der Waals surface area contributed by atoms with E-state index in [1.165, 1.54) is 29.5 Å². The number of likely N-dealkylation sites (tertiary alicyclic amines) is 1. The summed E-state index contributed by atoms with van der Waals surface area (Å²) in [4.78, 5) is 15.5. The molecule has 2 bridgehead atoms. The number of carbonyl (C=O) groups is 1. The van der Waals surface area contributed by atoms with Crippen molar-refractivity contribution in [3.63, 3.8) is 0 Å². The molecule has 0 aromatic heterocycles. The smallest absolute Gasteiger partial charge is 0.160 e. The zero-order valence-electron chi connectivity index (χ0n) is 12.5. The lowest BCUT2D eigenvalue weighted by Gasteiger charge is -2.48. The van der Waals surface area contributed by atoms with Crippen LogP contribution in [-0.2, 0) is 16.6 Å². The monoisotopic (exact) mass is 269 g/mol. The Morgan fingerprint density at radius 1 is 1.35 bits per heavy atom. The zero-order chi connectivity index (χ0) is 13.9. The van der Waals surface area contributed by atoms with Crippen molar-refractivity contribution >= 4 is 5.78 Å². The number of rotatable bonds is 2. The van der Waals surface area contributed by atoms with E-state index < -0.39 is 0 Å². The third-order valence-electron chi connectivity index (χ3n) is 5.65. The second-order valence-corrected chi connectivity index (χ2v) is 7.27. The minimum atomic E-state index is -0.232. The summed E-state index contributed by atoms with van der Waals surface area (Å²) in [5.74, 6) is 1.34. The van der Waals surface area contributed by atoms with Crippen molar-refractivity contribution in [2.75, 3.05) is 13.1 Å². The van der Waals surface area contributed by atoms with E-state index in [0.717, 1.165) is 31.8 Å². The summed E-state index contributed by atoms with van der Waals surface area (Å²) in [6.45, 7) is 6.54. The lowest BCUT2D eigenvalue weighted by atomic mass is 9.64. The highest BCUT2D eigenvalue weighted by molar-refractivity contribution is 5.97. The maximum absolute atomic E-state index is 13.0. The fourth-order valence-electron chi connectivity index (χ4n) is 4.11. The average Bonchev–Trinajstić information content (AvgIpc) is 3.22. The van der Waals surface area contributed by atoms with E-state index in [2.05, 4.69) is 36.9 Å². The molecule has 0 unspecified atom stereocenters. The number of Topliss-reactive ketones (excluding diaryl/α,β-unsaturated/α-hetero) is 1. The van der Waals surface area contributed by atoms with Crippen molar-refractivity contribution in [2.24, 2.45) is 5.92 Å². The van der Waals surface area contributed by atoms with Gasteiger partial charge in [0.05, 0.1) is 11.5 Å². The van der Waals surface area contributed by atoms with Gasteiger partial charge < -0.3 is 0 Å². The molecular weight excluding hydrogens is 246 g/mol.